The van der Waals surface area contributed by atoms with Gasteiger partial charge in [-0.05, 0) is 32.0 Å². The molecule has 0 fully saturated rings. The largest absolute Gasteiger partial charge is 0.449 e. The van der Waals surface area contributed by atoms with E-state index in [0.29, 0.717) is 6.42 Å². The molecule has 3 heteroatoms. The van der Waals surface area contributed by atoms with Crippen LogP contribution >= 0.6 is 0 Å². The molecule has 0 N–H and O–H groups in total. The van der Waals surface area contributed by atoms with E-state index in [-0.39, 0.29) is 12.0 Å². The van der Waals surface area contributed by atoms with E-state index in [1.807, 2.05) is 36.4 Å². The molecule has 140 valence electrons. The first-order valence-electron chi connectivity index (χ1n) is 9.58. The fraction of sp³-hybridized carbons (Fsp3) is 0.435. The third-order valence-electron chi connectivity index (χ3n) is 5.26. The fourth-order valence-corrected chi connectivity index (χ4v) is 3.89. The summed E-state index contributed by atoms with van der Waals surface area (Å²) in [4.78, 5) is 14.5. The standard InChI is InChI=1S/C23H31NO2/c1-6-23(26-19(5)25,20-14-10-9-11-15-20)22-17-13-12-16-21(22)18(4)24(7-2)8-3/h9-18H,6-8H2,1-5H3. The molecule has 0 saturated heterocycles. The Morgan fingerprint density at radius 2 is 1.58 bits per heavy atom. The summed E-state index contributed by atoms with van der Waals surface area (Å²) in [6.07, 6.45) is 0.679. The zero-order valence-electron chi connectivity index (χ0n) is 16.7. The van der Waals surface area contributed by atoms with E-state index in [2.05, 4.69) is 50.8 Å². The second-order valence-corrected chi connectivity index (χ2v) is 6.62. The van der Waals surface area contributed by atoms with Crippen LogP contribution in [0.1, 0.15) is 63.8 Å². The van der Waals surface area contributed by atoms with Crippen molar-refractivity contribution in [2.75, 3.05) is 13.1 Å². The number of hydrogen-bond donors (Lipinski definition) is 0. The van der Waals surface area contributed by atoms with E-state index in [0.717, 1.165) is 24.2 Å². The maximum atomic E-state index is 12.1. The van der Waals surface area contributed by atoms with Crippen LogP contribution in [-0.4, -0.2) is 24.0 Å². The van der Waals surface area contributed by atoms with Gasteiger partial charge in [-0.25, -0.2) is 0 Å². The monoisotopic (exact) mass is 353 g/mol. The summed E-state index contributed by atoms with van der Waals surface area (Å²) in [6, 6.07) is 18.7. The number of benzene rings is 2. The lowest BCUT2D eigenvalue weighted by Gasteiger charge is -2.37. The number of esters is 1. The molecule has 0 aliphatic rings. The molecular formula is C23H31NO2. The maximum absolute atomic E-state index is 12.1. The first-order chi connectivity index (χ1) is 12.5. The van der Waals surface area contributed by atoms with E-state index in [1.54, 1.807) is 0 Å². The Morgan fingerprint density at radius 1 is 1.00 bits per heavy atom. The highest BCUT2D eigenvalue weighted by Crippen LogP contribution is 2.41. The molecule has 0 saturated carbocycles. The Kier molecular flexibility index (Phi) is 6.98. The van der Waals surface area contributed by atoms with Gasteiger partial charge < -0.3 is 4.74 Å². The minimum absolute atomic E-state index is 0.242. The van der Waals surface area contributed by atoms with Crippen LogP contribution in [0.5, 0.6) is 0 Å². The minimum atomic E-state index is -0.773. The number of carbonyl (C=O) groups is 1. The molecule has 2 unspecified atom stereocenters. The van der Waals surface area contributed by atoms with Gasteiger partial charge in [-0.3, -0.25) is 9.69 Å². The van der Waals surface area contributed by atoms with Crippen molar-refractivity contribution in [1.82, 2.24) is 4.90 Å². The van der Waals surface area contributed by atoms with Gasteiger partial charge in [0.15, 0.2) is 5.60 Å². The van der Waals surface area contributed by atoms with Crippen molar-refractivity contribution >= 4 is 5.97 Å². The predicted molar refractivity (Wildman–Crippen MR) is 107 cm³/mol. The predicted octanol–water partition coefficient (Wildman–Crippen LogP) is 5.31. The molecule has 0 heterocycles. The van der Waals surface area contributed by atoms with Crippen LogP contribution in [0, 0.1) is 0 Å². The number of rotatable bonds is 8. The topological polar surface area (TPSA) is 29.5 Å². The van der Waals surface area contributed by atoms with Crippen LogP contribution in [0.25, 0.3) is 0 Å². The van der Waals surface area contributed by atoms with Crippen LogP contribution in [-0.2, 0) is 15.1 Å². The average Bonchev–Trinajstić information content (AvgIpc) is 2.67. The normalized spacial score (nSPS) is 14.7. The molecule has 2 aromatic carbocycles. The van der Waals surface area contributed by atoms with E-state index in [1.165, 1.54) is 12.5 Å². The van der Waals surface area contributed by atoms with Crippen LogP contribution in [0.2, 0.25) is 0 Å². The lowest BCUT2D eigenvalue weighted by atomic mass is 9.79. The molecule has 0 aliphatic heterocycles. The Bertz CT molecular complexity index is 709. The number of ether oxygens (including phenoxy) is 1. The van der Waals surface area contributed by atoms with Crippen molar-refractivity contribution < 1.29 is 9.53 Å². The number of hydrogen-bond acceptors (Lipinski definition) is 3. The maximum Gasteiger partial charge on any atom is 0.303 e. The van der Waals surface area contributed by atoms with Crippen molar-refractivity contribution in [3.8, 4) is 0 Å². The molecule has 2 atom stereocenters. The van der Waals surface area contributed by atoms with Crippen molar-refractivity contribution in [3.63, 3.8) is 0 Å². The van der Waals surface area contributed by atoms with Crippen molar-refractivity contribution in [2.45, 2.75) is 52.7 Å². The Balaban J connectivity index is 2.68. The molecule has 3 nitrogen and oxygen atoms in total. The SMILES string of the molecule is CCN(CC)C(C)c1ccccc1C(CC)(OC(C)=O)c1ccccc1. The summed E-state index contributed by atoms with van der Waals surface area (Å²) >= 11 is 0. The summed E-state index contributed by atoms with van der Waals surface area (Å²) in [7, 11) is 0. The Morgan fingerprint density at radius 3 is 2.12 bits per heavy atom. The van der Waals surface area contributed by atoms with Crippen molar-refractivity contribution in [3.05, 3.63) is 71.3 Å². The zero-order valence-corrected chi connectivity index (χ0v) is 16.7. The third-order valence-corrected chi connectivity index (χ3v) is 5.26. The van der Waals surface area contributed by atoms with Crippen molar-refractivity contribution in [1.29, 1.82) is 0 Å². The van der Waals surface area contributed by atoms with Gasteiger partial charge in [0.2, 0.25) is 0 Å². The van der Waals surface area contributed by atoms with Crippen molar-refractivity contribution in [2.24, 2.45) is 0 Å². The molecule has 0 amide bonds. The van der Waals surface area contributed by atoms with E-state index in [9.17, 15) is 4.79 Å². The molecule has 26 heavy (non-hydrogen) atoms. The number of nitrogens with zero attached hydrogens (tertiary/aromatic N) is 1. The molecule has 0 radical (unpaired) electrons. The van der Waals surface area contributed by atoms with Crippen LogP contribution in [0.4, 0.5) is 0 Å². The third kappa shape index (κ3) is 3.99. The highest BCUT2D eigenvalue weighted by atomic mass is 16.6. The molecule has 0 aliphatic carbocycles. The number of carbonyl (C=O) groups excluding carboxylic acids is 1. The highest BCUT2D eigenvalue weighted by molar-refractivity contribution is 5.68. The Labute approximate surface area is 158 Å². The first kappa shape index (κ1) is 20.2. The zero-order chi connectivity index (χ0) is 19.2. The minimum Gasteiger partial charge on any atom is -0.449 e. The van der Waals surface area contributed by atoms with E-state index >= 15 is 0 Å². The molecule has 0 aromatic heterocycles. The average molecular weight is 354 g/mol. The second-order valence-electron chi connectivity index (χ2n) is 6.62. The van der Waals surface area contributed by atoms with Gasteiger partial charge in [0, 0.05) is 24.1 Å². The van der Waals surface area contributed by atoms with Gasteiger partial charge in [0.05, 0.1) is 0 Å². The summed E-state index contributed by atoms with van der Waals surface area (Å²) in [5.41, 5.74) is 2.52. The summed E-state index contributed by atoms with van der Waals surface area (Å²) in [5, 5.41) is 0. The summed E-state index contributed by atoms with van der Waals surface area (Å²) in [6.45, 7) is 12.1. The smallest absolute Gasteiger partial charge is 0.303 e. The summed E-state index contributed by atoms with van der Waals surface area (Å²) in [5.74, 6) is -0.263. The fourth-order valence-electron chi connectivity index (χ4n) is 3.89. The molecule has 2 aromatic rings. The quantitative estimate of drug-likeness (QED) is 0.603. The highest BCUT2D eigenvalue weighted by Gasteiger charge is 2.38. The van der Waals surface area contributed by atoms with E-state index in [4.69, 9.17) is 4.74 Å². The van der Waals surface area contributed by atoms with Gasteiger partial charge in [0.1, 0.15) is 0 Å². The molecule has 0 bridgehead atoms. The van der Waals surface area contributed by atoms with E-state index < -0.39 is 5.60 Å². The Hall–Kier alpha value is -2.13. The molecule has 2 rings (SSSR count). The van der Waals surface area contributed by atoms with Crippen LogP contribution in [0.3, 0.4) is 0 Å². The summed E-state index contributed by atoms with van der Waals surface area (Å²) < 4.78 is 6.04. The van der Waals surface area contributed by atoms with Crippen LogP contribution < -0.4 is 0 Å². The molecular weight excluding hydrogens is 322 g/mol. The van der Waals surface area contributed by atoms with Gasteiger partial charge in [-0.2, -0.15) is 0 Å². The second kappa shape index (κ2) is 9.00. The van der Waals surface area contributed by atoms with Crippen LogP contribution in [0.15, 0.2) is 54.6 Å². The van der Waals surface area contributed by atoms with Gasteiger partial charge in [-0.1, -0.05) is 75.4 Å². The molecule has 0 spiro atoms. The van der Waals surface area contributed by atoms with Gasteiger partial charge in [0.25, 0.3) is 0 Å². The van der Waals surface area contributed by atoms with Gasteiger partial charge in [-0.15, -0.1) is 0 Å². The van der Waals surface area contributed by atoms with Gasteiger partial charge >= 0.3 is 5.97 Å². The lowest BCUT2D eigenvalue weighted by molar-refractivity contribution is -0.154. The first-order valence-corrected chi connectivity index (χ1v) is 9.58. The lowest BCUT2D eigenvalue weighted by Crippen LogP contribution is -2.36.